The summed E-state index contributed by atoms with van der Waals surface area (Å²) in [6, 6.07) is 10.1. The molecule has 0 saturated carbocycles. The van der Waals surface area contributed by atoms with Crippen molar-refractivity contribution in [1.82, 2.24) is 14.9 Å². The fraction of sp³-hybridized carbons (Fsp3) is 0.333. The number of benzene rings is 2. The van der Waals surface area contributed by atoms with Crippen LogP contribution >= 0.6 is 0 Å². The lowest BCUT2D eigenvalue weighted by molar-refractivity contribution is -0.111. The number of methoxy groups -OCH3 is 2. The fourth-order valence-corrected chi connectivity index (χ4v) is 3.91. The van der Waals surface area contributed by atoms with Crippen LogP contribution in [0, 0.1) is 0 Å². The van der Waals surface area contributed by atoms with Gasteiger partial charge in [-0.15, -0.1) is 0 Å². The summed E-state index contributed by atoms with van der Waals surface area (Å²) in [7, 11) is 8.96. The van der Waals surface area contributed by atoms with Crippen LogP contribution in [-0.2, 0) is 4.79 Å². The summed E-state index contributed by atoms with van der Waals surface area (Å²) in [4.78, 5) is 38.5. The van der Waals surface area contributed by atoms with Gasteiger partial charge in [0.2, 0.25) is 17.6 Å². The van der Waals surface area contributed by atoms with Crippen LogP contribution < -0.4 is 29.7 Å². The lowest BCUT2D eigenvalue weighted by Gasteiger charge is -2.26. The van der Waals surface area contributed by atoms with Gasteiger partial charge in [0.1, 0.15) is 22.9 Å². The standard InChI is InChI=1S/C30H38N6O5/c1-9-28(37)32-23-17-24(27(40-8)18-25(23)36(6)15-14-35(4)5)34-30-31-13-12-22(33-30)29(38)21-11-10-20(41-19(2)3)16-26(21)39-7/h9-13,16-19H,1,14-15H2,2-8H3,(H,32,37)(H,31,33,34). The molecule has 0 saturated heterocycles. The number of rotatable bonds is 14. The molecule has 1 amide bonds. The Bertz CT molecular complexity index is 1390. The second-order valence-electron chi connectivity index (χ2n) is 9.74. The largest absolute Gasteiger partial charge is 0.496 e. The highest BCUT2D eigenvalue weighted by atomic mass is 16.5. The third kappa shape index (κ3) is 8.18. The summed E-state index contributed by atoms with van der Waals surface area (Å²) >= 11 is 0. The zero-order chi connectivity index (χ0) is 30.1. The maximum absolute atomic E-state index is 13.4. The van der Waals surface area contributed by atoms with Crippen LogP contribution in [0.5, 0.6) is 17.2 Å². The number of aromatic nitrogens is 2. The molecule has 0 aliphatic heterocycles. The minimum atomic E-state index is -0.356. The Morgan fingerprint density at radius 1 is 1.00 bits per heavy atom. The number of hydrogen-bond acceptors (Lipinski definition) is 10. The molecule has 0 radical (unpaired) electrons. The van der Waals surface area contributed by atoms with E-state index in [4.69, 9.17) is 14.2 Å². The molecule has 0 spiro atoms. The van der Waals surface area contributed by atoms with E-state index < -0.39 is 0 Å². The van der Waals surface area contributed by atoms with Crippen LogP contribution in [0.1, 0.15) is 29.9 Å². The molecule has 11 nitrogen and oxygen atoms in total. The lowest BCUT2D eigenvalue weighted by atomic mass is 10.1. The predicted molar refractivity (Wildman–Crippen MR) is 161 cm³/mol. The molecular weight excluding hydrogens is 524 g/mol. The van der Waals surface area contributed by atoms with Crippen LogP contribution in [0.2, 0.25) is 0 Å². The van der Waals surface area contributed by atoms with E-state index in [-0.39, 0.29) is 29.4 Å². The third-order valence-electron chi connectivity index (χ3n) is 5.98. The van der Waals surface area contributed by atoms with Crippen molar-refractivity contribution in [2.75, 3.05) is 64.0 Å². The van der Waals surface area contributed by atoms with Gasteiger partial charge in [-0.1, -0.05) is 6.58 Å². The molecule has 2 aromatic carbocycles. The molecule has 0 aliphatic rings. The van der Waals surface area contributed by atoms with Crippen molar-refractivity contribution < 1.29 is 23.8 Å². The summed E-state index contributed by atoms with van der Waals surface area (Å²) in [6.45, 7) is 8.91. The van der Waals surface area contributed by atoms with Crippen molar-refractivity contribution in [3.05, 3.63) is 66.5 Å². The number of amides is 1. The second kappa shape index (κ2) is 14.1. The van der Waals surface area contributed by atoms with Crippen molar-refractivity contribution in [3.8, 4) is 17.2 Å². The van der Waals surface area contributed by atoms with E-state index in [1.165, 1.54) is 25.4 Å². The Hall–Kier alpha value is -4.64. The average molecular weight is 563 g/mol. The Morgan fingerprint density at radius 3 is 2.37 bits per heavy atom. The van der Waals surface area contributed by atoms with E-state index in [0.717, 1.165) is 12.2 Å². The van der Waals surface area contributed by atoms with Crippen molar-refractivity contribution in [2.24, 2.45) is 0 Å². The Balaban J connectivity index is 1.95. The normalized spacial score (nSPS) is 10.8. The van der Waals surface area contributed by atoms with Gasteiger partial charge in [0.25, 0.3) is 0 Å². The SMILES string of the molecule is C=CC(=O)Nc1cc(Nc2nccc(C(=O)c3ccc(OC(C)C)cc3OC)n2)c(OC)cc1N(C)CCN(C)C. The number of nitrogens with one attached hydrogen (secondary N) is 2. The molecule has 218 valence electrons. The summed E-state index contributed by atoms with van der Waals surface area (Å²) < 4.78 is 16.8. The van der Waals surface area contributed by atoms with E-state index in [2.05, 4.69) is 32.1 Å². The molecule has 1 aromatic heterocycles. The number of ketones is 1. The smallest absolute Gasteiger partial charge is 0.247 e. The lowest BCUT2D eigenvalue weighted by Crippen LogP contribution is -2.29. The number of likely N-dealkylation sites (N-methyl/N-ethyl adjacent to an activating group) is 2. The van der Waals surface area contributed by atoms with Gasteiger partial charge in [-0.2, -0.15) is 0 Å². The maximum Gasteiger partial charge on any atom is 0.247 e. The Labute approximate surface area is 241 Å². The zero-order valence-corrected chi connectivity index (χ0v) is 24.6. The maximum atomic E-state index is 13.4. The number of ether oxygens (including phenoxy) is 3. The van der Waals surface area contributed by atoms with Gasteiger partial charge in [-0.25, -0.2) is 9.97 Å². The van der Waals surface area contributed by atoms with E-state index in [1.807, 2.05) is 46.0 Å². The van der Waals surface area contributed by atoms with Gasteiger partial charge in [0.15, 0.2) is 0 Å². The van der Waals surface area contributed by atoms with Crippen LogP contribution in [0.3, 0.4) is 0 Å². The number of carbonyl (C=O) groups is 2. The number of nitrogens with zero attached hydrogens (tertiary/aromatic N) is 4. The molecule has 0 atom stereocenters. The molecule has 0 bridgehead atoms. The number of carbonyl (C=O) groups excluding carboxylic acids is 2. The van der Waals surface area contributed by atoms with E-state index >= 15 is 0 Å². The van der Waals surface area contributed by atoms with Gasteiger partial charge >= 0.3 is 0 Å². The average Bonchev–Trinajstić information content (AvgIpc) is 2.95. The quantitative estimate of drug-likeness (QED) is 0.216. The van der Waals surface area contributed by atoms with Crippen LogP contribution in [0.25, 0.3) is 0 Å². The van der Waals surface area contributed by atoms with Gasteiger partial charge in [0.05, 0.1) is 42.9 Å². The molecular formula is C30H38N6O5. The molecule has 41 heavy (non-hydrogen) atoms. The van der Waals surface area contributed by atoms with E-state index in [9.17, 15) is 9.59 Å². The Kier molecular flexibility index (Phi) is 10.6. The van der Waals surface area contributed by atoms with E-state index in [0.29, 0.717) is 40.7 Å². The summed E-state index contributed by atoms with van der Waals surface area (Å²) in [5.41, 5.74) is 2.29. The molecule has 3 rings (SSSR count). The minimum absolute atomic E-state index is 0.0214. The highest BCUT2D eigenvalue weighted by Crippen LogP contribution is 2.38. The van der Waals surface area contributed by atoms with Gasteiger partial charge in [-0.05, 0) is 58.3 Å². The first kappa shape index (κ1) is 30.9. The first-order valence-corrected chi connectivity index (χ1v) is 13.1. The highest BCUT2D eigenvalue weighted by molar-refractivity contribution is 6.09. The summed E-state index contributed by atoms with van der Waals surface area (Å²) in [5.74, 6) is 0.942. The number of hydrogen-bond donors (Lipinski definition) is 2. The molecule has 0 aliphatic carbocycles. The van der Waals surface area contributed by atoms with Crippen LogP contribution in [0.4, 0.5) is 23.0 Å². The molecule has 0 fully saturated rings. The van der Waals surface area contributed by atoms with Crippen molar-refractivity contribution in [1.29, 1.82) is 0 Å². The highest BCUT2D eigenvalue weighted by Gasteiger charge is 2.20. The predicted octanol–water partition coefficient (Wildman–Crippen LogP) is 4.38. The molecule has 11 heteroatoms. The van der Waals surface area contributed by atoms with Gasteiger partial charge in [-0.3, -0.25) is 9.59 Å². The zero-order valence-electron chi connectivity index (χ0n) is 24.6. The van der Waals surface area contributed by atoms with Gasteiger partial charge < -0.3 is 34.6 Å². The first-order valence-electron chi connectivity index (χ1n) is 13.1. The van der Waals surface area contributed by atoms with Crippen molar-refractivity contribution in [2.45, 2.75) is 20.0 Å². The number of anilines is 4. The van der Waals surface area contributed by atoms with E-state index in [1.54, 1.807) is 31.4 Å². The molecule has 2 N–H and O–H groups in total. The fourth-order valence-electron chi connectivity index (χ4n) is 3.91. The molecule has 1 heterocycles. The summed E-state index contributed by atoms with van der Waals surface area (Å²) in [5, 5.41) is 5.98. The second-order valence-corrected chi connectivity index (χ2v) is 9.74. The minimum Gasteiger partial charge on any atom is -0.496 e. The molecule has 3 aromatic rings. The summed E-state index contributed by atoms with van der Waals surface area (Å²) in [6.07, 6.45) is 2.67. The monoisotopic (exact) mass is 562 g/mol. The third-order valence-corrected chi connectivity index (χ3v) is 5.98. The van der Waals surface area contributed by atoms with Gasteiger partial charge in [0, 0.05) is 38.5 Å². The molecule has 0 unspecified atom stereocenters. The topological polar surface area (TPSA) is 118 Å². The Morgan fingerprint density at radius 2 is 1.73 bits per heavy atom. The van der Waals surface area contributed by atoms with Crippen LogP contribution in [-0.4, -0.2) is 81.1 Å². The van der Waals surface area contributed by atoms with Crippen LogP contribution in [0.15, 0.2) is 55.3 Å². The van der Waals surface area contributed by atoms with Crippen molar-refractivity contribution >= 4 is 34.7 Å². The van der Waals surface area contributed by atoms with Crippen molar-refractivity contribution in [3.63, 3.8) is 0 Å². The first-order chi connectivity index (χ1) is 19.6.